The molecule has 0 bridgehead atoms. The second-order valence-electron chi connectivity index (χ2n) is 9.33. The Hall–Kier alpha value is -3.58. The standard InChI is InChI=1S/C27H32N6O5S/c28-17-20-1-2-22(30-27(34)19-3-4-29-23(13-19)18-39(35)36)16-24(20)21-14-25(32-5-9-37-10-6-32)31-26(15-21)33-7-11-38-12-8-33/h1-4,13-16,39H,5-12,17-18,28H2,(H,30,34). The highest BCUT2D eigenvalue weighted by molar-refractivity contribution is 7.71. The fourth-order valence-electron chi connectivity index (χ4n) is 4.71. The summed E-state index contributed by atoms with van der Waals surface area (Å²) in [6.07, 6.45) is 1.43. The molecule has 206 valence electrons. The van der Waals surface area contributed by atoms with E-state index in [2.05, 4.69) is 32.2 Å². The van der Waals surface area contributed by atoms with Gasteiger partial charge in [0.25, 0.3) is 5.91 Å². The first kappa shape index (κ1) is 27.0. The molecule has 2 aromatic heterocycles. The summed E-state index contributed by atoms with van der Waals surface area (Å²) in [5.74, 6) is 1.17. The minimum Gasteiger partial charge on any atom is -0.378 e. The topological polar surface area (TPSA) is 140 Å². The van der Waals surface area contributed by atoms with Gasteiger partial charge in [-0.3, -0.25) is 9.78 Å². The van der Waals surface area contributed by atoms with E-state index < -0.39 is 10.7 Å². The lowest BCUT2D eigenvalue weighted by Crippen LogP contribution is -2.39. The zero-order valence-electron chi connectivity index (χ0n) is 21.5. The molecule has 0 spiro atoms. The molecule has 3 aromatic rings. The van der Waals surface area contributed by atoms with Crippen molar-refractivity contribution >= 4 is 33.9 Å². The Bertz CT molecular complexity index is 1360. The summed E-state index contributed by atoms with van der Waals surface area (Å²) in [7, 11) is -2.64. The number of aromatic nitrogens is 2. The smallest absolute Gasteiger partial charge is 0.255 e. The van der Waals surface area contributed by atoms with Gasteiger partial charge in [0.1, 0.15) is 22.3 Å². The largest absolute Gasteiger partial charge is 0.378 e. The number of nitrogens with two attached hydrogens (primary N) is 1. The van der Waals surface area contributed by atoms with Crippen molar-refractivity contribution in [1.82, 2.24) is 9.97 Å². The van der Waals surface area contributed by atoms with Gasteiger partial charge in [0.05, 0.1) is 37.9 Å². The monoisotopic (exact) mass is 552 g/mol. The molecule has 0 aliphatic carbocycles. The molecule has 2 saturated heterocycles. The minimum atomic E-state index is -2.64. The number of hydrogen-bond donors (Lipinski definition) is 3. The van der Waals surface area contributed by atoms with Crippen LogP contribution in [0.25, 0.3) is 11.1 Å². The van der Waals surface area contributed by atoms with Gasteiger partial charge in [-0.2, -0.15) is 0 Å². The van der Waals surface area contributed by atoms with Gasteiger partial charge in [-0.1, -0.05) is 6.07 Å². The molecule has 2 aliphatic rings. The number of hydrogen-bond acceptors (Lipinski definition) is 10. The third-order valence-corrected chi connectivity index (χ3v) is 7.32. The number of amides is 1. The van der Waals surface area contributed by atoms with Gasteiger partial charge in [0.2, 0.25) is 0 Å². The SMILES string of the molecule is NCc1ccc(NC(=O)c2ccnc(C[SH](=O)=O)c2)cc1-c1cc(N2CCOCC2)nc(N2CCOCC2)c1. The molecule has 2 fully saturated rings. The Morgan fingerprint density at radius 3 is 2.15 bits per heavy atom. The third-order valence-electron chi connectivity index (χ3n) is 6.74. The van der Waals surface area contributed by atoms with Gasteiger partial charge in [-0.05, 0) is 53.1 Å². The number of carbonyl (C=O) groups is 1. The molecule has 2 aliphatic heterocycles. The second kappa shape index (κ2) is 12.5. The van der Waals surface area contributed by atoms with Crippen LogP contribution in [0.15, 0.2) is 48.7 Å². The van der Waals surface area contributed by atoms with E-state index in [1.165, 1.54) is 12.3 Å². The summed E-state index contributed by atoms with van der Waals surface area (Å²) in [6, 6.07) is 12.8. The number of rotatable bonds is 8. The lowest BCUT2D eigenvalue weighted by molar-refractivity contribution is 0.102. The van der Waals surface area contributed by atoms with E-state index in [9.17, 15) is 13.2 Å². The van der Waals surface area contributed by atoms with E-state index >= 15 is 0 Å². The minimum absolute atomic E-state index is 0.217. The average molecular weight is 553 g/mol. The van der Waals surface area contributed by atoms with Crippen LogP contribution in [-0.2, 0) is 32.5 Å². The molecule has 5 rings (SSSR count). The summed E-state index contributed by atoms with van der Waals surface area (Å²) >= 11 is 0. The van der Waals surface area contributed by atoms with Gasteiger partial charge in [0, 0.05) is 50.2 Å². The first-order valence-corrected chi connectivity index (χ1v) is 14.3. The zero-order chi connectivity index (χ0) is 27.2. The molecule has 4 heterocycles. The number of nitrogens with one attached hydrogen (secondary N) is 1. The third kappa shape index (κ3) is 6.71. The molecule has 1 aromatic carbocycles. The van der Waals surface area contributed by atoms with Gasteiger partial charge < -0.3 is 30.3 Å². The molecule has 11 nitrogen and oxygen atoms in total. The summed E-state index contributed by atoms with van der Waals surface area (Å²) in [5.41, 5.74) is 10.2. The van der Waals surface area contributed by atoms with Crippen LogP contribution < -0.4 is 20.9 Å². The second-order valence-corrected chi connectivity index (χ2v) is 10.3. The van der Waals surface area contributed by atoms with E-state index in [0.29, 0.717) is 49.9 Å². The summed E-state index contributed by atoms with van der Waals surface area (Å²) in [5, 5.41) is 2.93. The van der Waals surface area contributed by atoms with E-state index in [4.69, 9.17) is 20.2 Å². The molecule has 39 heavy (non-hydrogen) atoms. The maximum atomic E-state index is 13.0. The quantitative estimate of drug-likeness (QED) is 0.353. The van der Waals surface area contributed by atoms with Gasteiger partial charge in [-0.15, -0.1) is 0 Å². The molecule has 3 N–H and O–H groups in total. The Balaban J connectivity index is 1.48. The van der Waals surface area contributed by atoms with Crippen LogP contribution in [-0.4, -0.2) is 76.9 Å². The molecular weight excluding hydrogens is 520 g/mol. The Kier molecular flexibility index (Phi) is 8.67. The van der Waals surface area contributed by atoms with E-state index in [1.807, 2.05) is 18.2 Å². The van der Waals surface area contributed by atoms with Gasteiger partial charge >= 0.3 is 0 Å². The number of carbonyl (C=O) groups excluding carboxylic acids is 1. The average Bonchev–Trinajstić information content (AvgIpc) is 2.97. The van der Waals surface area contributed by atoms with Crippen LogP contribution in [0.3, 0.4) is 0 Å². The normalized spacial score (nSPS) is 15.9. The van der Waals surface area contributed by atoms with Crippen molar-refractivity contribution < 1.29 is 22.7 Å². The Labute approximate surface area is 228 Å². The summed E-state index contributed by atoms with van der Waals surface area (Å²) in [6.45, 7) is 5.95. The van der Waals surface area contributed by atoms with Crippen LogP contribution >= 0.6 is 0 Å². The molecule has 0 unspecified atom stereocenters. The lowest BCUT2D eigenvalue weighted by Gasteiger charge is -2.32. The first-order valence-electron chi connectivity index (χ1n) is 12.9. The number of thiol groups is 1. The highest BCUT2D eigenvalue weighted by Gasteiger charge is 2.20. The fraction of sp³-hybridized carbons (Fsp3) is 0.370. The van der Waals surface area contributed by atoms with Gasteiger partial charge in [0.15, 0.2) is 0 Å². The number of ether oxygens (including phenoxy) is 2. The summed E-state index contributed by atoms with van der Waals surface area (Å²) < 4.78 is 33.3. The van der Waals surface area contributed by atoms with Crippen molar-refractivity contribution in [3.8, 4) is 11.1 Å². The molecule has 1 amide bonds. The van der Waals surface area contributed by atoms with Crippen LogP contribution in [0.5, 0.6) is 0 Å². The first-order chi connectivity index (χ1) is 19.0. The molecule has 0 atom stereocenters. The van der Waals surface area contributed by atoms with Crippen molar-refractivity contribution in [2.75, 3.05) is 67.7 Å². The maximum absolute atomic E-state index is 13.0. The number of pyridine rings is 2. The van der Waals surface area contributed by atoms with Crippen molar-refractivity contribution in [2.24, 2.45) is 5.73 Å². The Morgan fingerprint density at radius 2 is 1.56 bits per heavy atom. The fourth-order valence-corrected chi connectivity index (χ4v) is 5.15. The van der Waals surface area contributed by atoms with E-state index in [1.54, 1.807) is 6.07 Å². The van der Waals surface area contributed by atoms with Crippen LogP contribution in [0.2, 0.25) is 0 Å². The van der Waals surface area contributed by atoms with E-state index in [-0.39, 0.29) is 11.7 Å². The highest BCUT2D eigenvalue weighted by atomic mass is 32.2. The zero-order valence-corrected chi connectivity index (χ0v) is 22.4. The number of benzene rings is 1. The van der Waals surface area contributed by atoms with Crippen molar-refractivity contribution in [1.29, 1.82) is 0 Å². The van der Waals surface area contributed by atoms with Gasteiger partial charge in [-0.25, -0.2) is 13.4 Å². The van der Waals surface area contributed by atoms with Crippen LogP contribution in [0.4, 0.5) is 17.3 Å². The highest BCUT2D eigenvalue weighted by Crippen LogP contribution is 2.33. The number of morpholine rings is 2. The van der Waals surface area contributed by atoms with E-state index in [0.717, 1.165) is 54.5 Å². The summed E-state index contributed by atoms with van der Waals surface area (Å²) in [4.78, 5) is 26.5. The Morgan fingerprint density at radius 1 is 0.923 bits per heavy atom. The predicted molar refractivity (Wildman–Crippen MR) is 150 cm³/mol. The van der Waals surface area contributed by atoms with Crippen LogP contribution in [0, 0.1) is 0 Å². The lowest BCUT2D eigenvalue weighted by atomic mass is 9.98. The van der Waals surface area contributed by atoms with Crippen molar-refractivity contribution in [2.45, 2.75) is 12.3 Å². The molecular formula is C27H32N6O5S. The number of nitrogens with zero attached hydrogens (tertiary/aromatic N) is 4. The van der Waals surface area contributed by atoms with Crippen LogP contribution in [0.1, 0.15) is 21.6 Å². The van der Waals surface area contributed by atoms with Crippen molar-refractivity contribution in [3.63, 3.8) is 0 Å². The maximum Gasteiger partial charge on any atom is 0.255 e. The van der Waals surface area contributed by atoms with Crippen molar-refractivity contribution in [3.05, 3.63) is 65.5 Å². The molecule has 0 saturated carbocycles. The number of anilines is 3. The molecule has 12 heteroatoms. The predicted octanol–water partition coefficient (Wildman–Crippen LogP) is 1.64. The molecule has 0 radical (unpaired) electrons.